The molecule has 0 aromatic heterocycles. The predicted octanol–water partition coefficient (Wildman–Crippen LogP) is 3.59. The molecule has 0 saturated carbocycles. The van der Waals surface area contributed by atoms with Gasteiger partial charge in [-0.1, -0.05) is 30.3 Å². The summed E-state index contributed by atoms with van der Waals surface area (Å²) in [6.07, 6.45) is -0.0734. The second-order valence-electron chi connectivity index (χ2n) is 4.48. The maximum Gasteiger partial charge on any atom is 0.121 e. The van der Waals surface area contributed by atoms with Gasteiger partial charge >= 0.3 is 0 Å². The minimum absolute atomic E-state index is 0.0734. The van der Waals surface area contributed by atoms with E-state index in [0.29, 0.717) is 17.0 Å². The van der Waals surface area contributed by atoms with Gasteiger partial charge in [0.2, 0.25) is 0 Å². The molecule has 0 bridgehead atoms. The van der Waals surface area contributed by atoms with Crippen LogP contribution >= 0.6 is 0 Å². The molecule has 1 unspecified atom stereocenters. The fraction of sp³-hybridized carbons (Fsp3) is 0.188. The third-order valence-corrected chi connectivity index (χ3v) is 3.06. The van der Waals surface area contributed by atoms with Crippen molar-refractivity contribution in [2.75, 3.05) is 5.73 Å². The molecule has 2 aromatic carbocycles. The van der Waals surface area contributed by atoms with Crippen LogP contribution in [0.15, 0.2) is 42.5 Å². The zero-order chi connectivity index (χ0) is 13.8. The molecule has 0 heterocycles. The number of nitrogens with zero attached hydrogens (tertiary/aromatic N) is 1. The van der Waals surface area contributed by atoms with Crippen molar-refractivity contribution in [3.8, 4) is 11.8 Å². The van der Waals surface area contributed by atoms with Crippen LogP contribution in [0.1, 0.15) is 29.7 Å². The quantitative estimate of drug-likeness (QED) is 0.849. The Bertz CT molecular complexity index is 615. The van der Waals surface area contributed by atoms with Crippen LogP contribution in [0, 0.1) is 18.3 Å². The summed E-state index contributed by atoms with van der Waals surface area (Å²) in [5.74, 6) is 0.666. The summed E-state index contributed by atoms with van der Waals surface area (Å²) >= 11 is 0. The normalized spacial score (nSPS) is 11.6. The van der Waals surface area contributed by atoms with Gasteiger partial charge in [-0.3, -0.25) is 0 Å². The monoisotopic (exact) mass is 252 g/mol. The molecule has 3 nitrogen and oxygen atoms in total. The van der Waals surface area contributed by atoms with Crippen LogP contribution < -0.4 is 10.5 Å². The minimum Gasteiger partial charge on any atom is -0.486 e. The van der Waals surface area contributed by atoms with Crippen molar-refractivity contribution >= 4 is 5.69 Å². The van der Waals surface area contributed by atoms with Gasteiger partial charge in [-0.2, -0.15) is 5.26 Å². The molecule has 96 valence electrons. The molecule has 2 N–H and O–H groups in total. The first-order valence-corrected chi connectivity index (χ1v) is 6.13. The Morgan fingerprint density at radius 2 is 1.89 bits per heavy atom. The summed E-state index contributed by atoms with van der Waals surface area (Å²) in [6, 6.07) is 15.6. The minimum atomic E-state index is -0.0734. The van der Waals surface area contributed by atoms with Crippen molar-refractivity contribution < 1.29 is 4.74 Å². The summed E-state index contributed by atoms with van der Waals surface area (Å²) < 4.78 is 5.87. The number of ether oxygens (including phenoxy) is 1. The van der Waals surface area contributed by atoms with Gasteiger partial charge in [-0.15, -0.1) is 0 Å². The first kappa shape index (κ1) is 13.0. The molecule has 0 aliphatic rings. The second-order valence-corrected chi connectivity index (χ2v) is 4.48. The van der Waals surface area contributed by atoms with E-state index < -0.39 is 0 Å². The number of hydrogen-bond acceptors (Lipinski definition) is 3. The molecule has 3 heteroatoms. The van der Waals surface area contributed by atoms with Crippen molar-refractivity contribution in [3.05, 3.63) is 59.2 Å². The molecule has 0 amide bonds. The maximum absolute atomic E-state index is 9.03. The Hall–Kier alpha value is -2.47. The average Bonchev–Trinajstić information content (AvgIpc) is 2.43. The highest BCUT2D eigenvalue weighted by Crippen LogP contribution is 2.27. The first-order valence-electron chi connectivity index (χ1n) is 6.13. The van der Waals surface area contributed by atoms with Gasteiger partial charge in [0.15, 0.2) is 0 Å². The van der Waals surface area contributed by atoms with Crippen LogP contribution in [0.3, 0.4) is 0 Å². The number of nitrogens with two attached hydrogens (primary N) is 1. The molecule has 0 spiro atoms. The first-order chi connectivity index (χ1) is 9.11. The van der Waals surface area contributed by atoms with E-state index in [4.69, 9.17) is 15.7 Å². The maximum atomic E-state index is 9.03. The van der Waals surface area contributed by atoms with Crippen molar-refractivity contribution in [1.29, 1.82) is 5.26 Å². The smallest absolute Gasteiger partial charge is 0.121 e. The van der Waals surface area contributed by atoms with Gasteiger partial charge in [0, 0.05) is 6.07 Å². The van der Waals surface area contributed by atoms with Crippen LogP contribution in [-0.2, 0) is 0 Å². The van der Waals surface area contributed by atoms with Gasteiger partial charge < -0.3 is 10.5 Å². The Labute approximate surface area is 113 Å². The third kappa shape index (κ3) is 2.86. The number of nitriles is 1. The molecule has 0 radical (unpaired) electrons. The summed E-state index contributed by atoms with van der Waals surface area (Å²) in [6.45, 7) is 3.85. The van der Waals surface area contributed by atoms with Crippen LogP contribution in [0.5, 0.6) is 5.75 Å². The molecule has 2 aromatic rings. The molecule has 0 aliphatic carbocycles. The topological polar surface area (TPSA) is 59.0 Å². The van der Waals surface area contributed by atoms with Crippen LogP contribution in [-0.4, -0.2) is 0 Å². The van der Waals surface area contributed by atoms with Crippen molar-refractivity contribution in [3.63, 3.8) is 0 Å². The zero-order valence-electron chi connectivity index (χ0n) is 11.1. The Kier molecular flexibility index (Phi) is 3.72. The van der Waals surface area contributed by atoms with Crippen LogP contribution in [0.4, 0.5) is 5.69 Å². The van der Waals surface area contributed by atoms with Gasteiger partial charge in [0.25, 0.3) is 0 Å². The highest BCUT2D eigenvalue weighted by atomic mass is 16.5. The van der Waals surface area contributed by atoms with E-state index in [1.54, 1.807) is 6.07 Å². The molecule has 0 aliphatic heterocycles. The SMILES string of the molecule is Cc1cc(OC(C)c2ccccc2)cc(C#N)c1N. The number of anilines is 1. The number of hydrogen-bond donors (Lipinski definition) is 1. The van der Waals surface area contributed by atoms with Crippen molar-refractivity contribution in [2.24, 2.45) is 0 Å². The number of aryl methyl sites for hydroxylation is 1. The predicted molar refractivity (Wildman–Crippen MR) is 75.8 cm³/mol. The van der Waals surface area contributed by atoms with Crippen molar-refractivity contribution in [1.82, 2.24) is 0 Å². The highest BCUT2D eigenvalue weighted by Gasteiger charge is 2.10. The lowest BCUT2D eigenvalue weighted by Gasteiger charge is -2.16. The van der Waals surface area contributed by atoms with Crippen LogP contribution in [0.25, 0.3) is 0 Å². The summed E-state index contributed by atoms with van der Waals surface area (Å²) in [5.41, 5.74) is 8.74. The van der Waals surface area contributed by atoms with E-state index in [-0.39, 0.29) is 6.10 Å². The van der Waals surface area contributed by atoms with Gasteiger partial charge in [0.05, 0.1) is 11.3 Å². The lowest BCUT2D eigenvalue weighted by Crippen LogP contribution is -2.04. The summed E-state index contributed by atoms with van der Waals surface area (Å²) in [5, 5.41) is 9.03. The third-order valence-electron chi connectivity index (χ3n) is 3.06. The van der Waals surface area contributed by atoms with E-state index in [2.05, 4.69) is 6.07 Å². The Morgan fingerprint density at radius 3 is 2.53 bits per heavy atom. The van der Waals surface area contributed by atoms with E-state index in [0.717, 1.165) is 11.1 Å². The number of rotatable bonds is 3. The van der Waals surface area contributed by atoms with Gasteiger partial charge in [-0.05, 0) is 31.0 Å². The lowest BCUT2D eigenvalue weighted by atomic mass is 10.1. The highest BCUT2D eigenvalue weighted by molar-refractivity contribution is 5.61. The molecular weight excluding hydrogens is 236 g/mol. The second kappa shape index (κ2) is 5.45. The molecular formula is C16H16N2O. The van der Waals surface area contributed by atoms with E-state index in [9.17, 15) is 0 Å². The zero-order valence-corrected chi connectivity index (χ0v) is 11.1. The number of benzene rings is 2. The van der Waals surface area contributed by atoms with Gasteiger partial charge in [-0.25, -0.2) is 0 Å². The Balaban J connectivity index is 2.25. The molecule has 1 atom stereocenters. The Morgan fingerprint density at radius 1 is 1.21 bits per heavy atom. The molecule has 2 rings (SSSR count). The fourth-order valence-corrected chi connectivity index (χ4v) is 1.92. The van der Waals surface area contributed by atoms with E-state index in [1.165, 1.54) is 0 Å². The average molecular weight is 252 g/mol. The molecule has 19 heavy (non-hydrogen) atoms. The summed E-state index contributed by atoms with van der Waals surface area (Å²) in [4.78, 5) is 0. The molecule has 0 fully saturated rings. The standard InChI is InChI=1S/C16H16N2O/c1-11-8-15(9-14(10-17)16(11)18)19-12(2)13-6-4-3-5-7-13/h3-9,12H,18H2,1-2H3. The lowest BCUT2D eigenvalue weighted by molar-refractivity contribution is 0.227. The number of nitrogen functional groups attached to an aromatic ring is 1. The fourth-order valence-electron chi connectivity index (χ4n) is 1.92. The van der Waals surface area contributed by atoms with E-state index in [1.807, 2.05) is 50.2 Å². The summed E-state index contributed by atoms with van der Waals surface area (Å²) in [7, 11) is 0. The largest absolute Gasteiger partial charge is 0.486 e. The van der Waals surface area contributed by atoms with Gasteiger partial charge in [0.1, 0.15) is 17.9 Å². The van der Waals surface area contributed by atoms with E-state index >= 15 is 0 Å². The van der Waals surface area contributed by atoms with Crippen molar-refractivity contribution in [2.45, 2.75) is 20.0 Å². The molecule has 0 saturated heterocycles. The van der Waals surface area contributed by atoms with Crippen LogP contribution in [0.2, 0.25) is 0 Å².